The van der Waals surface area contributed by atoms with E-state index in [1.165, 1.54) is 55.9 Å². The van der Waals surface area contributed by atoms with E-state index in [4.69, 9.17) is 0 Å². The van der Waals surface area contributed by atoms with Crippen LogP contribution in [-0.4, -0.2) is 25.9 Å². The number of thioether (sulfide) groups is 1. The summed E-state index contributed by atoms with van der Waals surface area (Å²) in [5.74, 6) is 2.84. The molecule has 4 bridgehead atoms. The third-order valence-electron chi connectivity index (χ3n) is 7.12. The fraction of sp³-hybridized carbons (Fsp3) is 0.591. The summed E-state index contributed by atoms with van der Waals surface area (Å²) in [6.45, 7) is 1.90. The number of aromatic nitrogens is 3. The molecule has 4 fully saturated rings. The average molecular weight is 397 g/mol. The van der Waals surface area contributed by atoms with Crippen molar-refractivity contribution in [1.82, 2.24) is 14.8 Å². The SMILES string of the molecule is CC(Sc1nncn1C)C(=O)Nc1ccc(C23CC4CC(CC(C4)C2)C3)cc1. The van der Waals surface area contributed by atoms with Crippen molar-refractivity contribution >= 4 is 23.4 Å². The number of anilines is 1. The van der Waals surface area contributed by atoms with Gasteiger partial charge in [0.2, 0.25) is 5.91 Å². The molecular weight excluding hydrogens is 368 g/mol. The van der Waals surface area contributed by atoms with Crippen molar-refractivity contribution in [2.75, 3.05) is 5.32 Å². The summed E-state index contributed by atoms with van der Waals surface area (Å²) in [6, 6.07) is 8.71. The topological polar surface area (TPSA) is 59.8 Å². The van der Waals surface area contributed by atoms with Crippen LogP contribution < -0.4 is 5.32 Å². The monoisotopic (exact) mass is 396 g/mol. The zero-order chi connectivity index (χ0) is 19.3. The van der Waals surface area contributed by atoms with Gasteiger partial charge in [-0.15, -0.1) is 10.2 Å². The molecule has 1 unspecified atom stereocenters. The van der Waals surface area contributed by atoms with E-state index in [-0.39, 0.29) is 11.2 Å². The first-order valence-electron chi connectivity index (χ1n) is 10.4. The molecule has 0 aliphatic heterocycles. The molecular formula is C22H28N4OS. The van der Waals surface area contributed by atoms with Gasteiger partial charge in [-0.3, -0.25) is 4.79 Å². The van der Waals surface area contributed by atoms with Gasteiger partial charge in [0, 0.05) is 12.7 Å². The Hall–Kier alpha value is -1.82. The lowest BCUT2D eigenvalue weighted by Gasteiger charge is -2.57. The predicted molar refractivity (Wildman–Crippen MR) is 111 cm³/mol. The van der Waals surface area contributed by atoms with Crippen LogP contribution in [-0.2, 0) is 17.3 Å². The summed E-state index contributed by atoms with van der Waals surface area (Å²) in [5.41, 5.74) is 2.78. The van der Waals surface area contributed by atoms with E-state index in [0.29, 0.717) is 5.41 Å². The van der Waals surface area contributed by atoms with Crippen molar-refractivity contribution < 1.29 is 4.79 Å². The molecule has 6 heteroatoms. The highest BCUT2D eigenvalue weighted by Crippen LogP contribution is 2.60. The summed E-state index contributed by atoms with van der Waals surface area (Å²) in [4.78, 5) is 12.6. The predicted octanol–water partition coefficient (Wildman–Crippen LogP) is 4.40. The third kappa shape index (κ3) is 3.25. The molecule has 1 N–H and O–H groups in total. The van der Waals surface area contributed by atoms with E-state index in [1.54, 1.807) is 6.33 Å². The fourth-order valence-electron chi connectivity index (χ4n) is 6.21. The first-order valence-corrected chi connectivity index (χ1v) is 11.3. The Bertz CT molecular complexity index is 840. The van der Waals surface area contributed by atoms with Crippen LogP contribution in [0.5, 0.6) is 0 Å². The lowest BCUT2D eigenvalue weighted by Crippen LogP contribution is -2.48. The van der Waals surface area contributed by atoms with E-state index >= 15 is 0 Å². The number of aryl methyl sites for hydroxylation is 1. The van der Waals surface area contributed by atoms with Gasteiger partial charge in [0.05, 0.1) is 5.25 Å². The van der Waals surface area contributed by atoms with Crippen LogP contribution in [0, 0.1) is 17.8 Å². The smallest absolute Gasteiger partial charge is 0.237 e. The highest BCUT2D eigenvalue weighted by molar-refractivity contribution is 8.00. The van der Waals surface area contributed by atoms with E-state index in [0.717, 1.165) is 28.6 Å². The molecule has 4 aliphatic carbocycles. The number of nitrogens with one attached hydrogen (secondary N) is 1. The van der Waals surface area contributed by atoms with Crippen molar-refractivity contribution in [3.8, 4) is 0 Å². The number of rotatable bonds is 5. The second-order valence-electron chi connectivity index (χ2n) is 9.25. The quantitative estimate of drug-likeness (QED) is 0.761. The Morgan fingerprint density at radius 2 is 1.75 bits per heavy atom. The Labute approximate surface area is 170 Å². The lowest BCUT2D eigenvalue weighted by atomic mass is 9.48. The number of carbonyl (C=O) groups excluding carboxylic acids is 1. The maximum atomic E-state index is 12.6. The van der Waals surface area contributed by atoms with Crippen molar-refractivity contribution in [3.05, 3.63) is 36.2 Å². The molecule has 1 aromatic carbocycles. The van der Waals surface area contributed by atoms with Gasteiger partial charge >= 0.3 is 0 Å². The molecule has 0 spiro atoms. The molecule has 1 heterocycles. The molecule has 4 saturated carbocycles. The highest BCUT2D eigenvalue weighted by atomic mass is 32.2. The van der Waals surface area contributed by atoms with Gasteiger partial charge in [0.15, 0.2) is 5.16 Å². The van der Waals surface area contributed by atoms with Crippen molar-refractivity contribution in [3.63, 3.8) is 0 Å². The Morgan fingerprint density at radius 1 is 1.14 bits per heavy atom. The van der Waals surface area contributed by atoms with Gasteiger partial charge in [-0.1, -0.05) is 23.9 Å². The molecule has 28 heavy (non-hydrogen) atoms. The Kier molecular flexibility index (Phi) is 4.49. The van der Waals surface area contributed by atoms with Gasteiger partial charge in [-0.25, -0.2) is 0 Å². The van der Waals surface area contributed by atoms with Crippen LogP contribution in [0.3, 0.4) is 0 Å². The maximum Gasteiger partial charge on any atom is 0.237 e. The maximum absolute atomic E-state index is 12.6. The standard InChI is InChI=1S/C22H28N4OS/c1-14(28-21-25-23-13-26(21)2)20(27)24-19-5-3-18(4-6-19)22-10-15-7-16(11-22)9-17(8-15)12-22/h3-6,13-17H,7-12H2,1-2H3,(H,24,27). The van der Waals surface area contributed by atoms with Gasteiger partial charge < -0.3 is 9.88 Å². The van der Waals surface area contributed by atoms with Gasteiger partial charge in [0.1, 0.15) is 6.33 Å². The molecule has 2 aromatic rings. The van der Waals surface area contributed by atoms with Crippen molar-refractivity contribution in [1.29, 1.82) is 0 Å². The number of carbonyl (C=O) groups is 1. The third-order valence-corrected chi connectivity index (χ3v) is 8.27. The lowest BCUT2D eigenvalue weighted by molar-refractivity contribution is -0.115. The second-order valence-corrected chi connectivity index (χ2v) is 10.6. The number of amides is 1. The van der Waals surface area contributed by atoms with Crippen LogP contribution in [0.25, 0.3) is 0 Å². The molecule has 4 aliphatic rings. The van der Waals surface area contributed by atoms with Crippen molar-refractivity contribution in [2.45, 2.75) is 61.3 Å². The molecule has 6 rings (SSSR count). The normalized spacial score (nSPS) is 31.7. The van der Waals surface area contributed by atoms with E-state index in [2.05, 4.69) is 39.8 Å². The Morgan fingerprint density at radius 3 is 2.29 bits per heavy atom. The van der Waals surface area contributed by atoms with E-state index in [9.17, 15) is 4.79 Å². The summed E-state index contributed by atoms with van der Waals surface area (Å²) in [7, 11) is 1.89. The van der Waals surface area contributed by atoms with Crippen LogP contribution >= 0.6 is 11.8 Å². The van der Waals surface area contributed by atoms with Crippen LogP contribution in [0.4, 0.5) is 5.69 Å². The van der Waals surface area contributed by atoms with Gasteiger partial charge in [-0.05, 0) is 86.3 Å². The zero-order valence-electron chi connectivity index (χ0n) is 16.6. The summed E-state index contributed by atoms with van der Waals surface area (Å²) in [6.07, 6.45) is 10.2. The van der Waals surface area contributed by atoms with E-state index < -0.39 is 0 Å². The number of hydrogen-bond acceptors (Lipinski definition) is 4. The van der Waals surface area contributed by atoms with Crippen LogP contribution in [0.15, 0.2) is 35.7 Å². The van der Waals surface area contributed by atoms with Crippen molar-refractivity contribution in [2.24, 2.45) is 24.8 Å². The molecule has 1 atom stereocenters. The minimum Gasteiger partial charge on any atom is -0.325 e. The van der Waals surface area contributed by atoms with Crippen LogP contribution in [0.1, 0.15) is 51.0 Å². The molecule has 0 saturated heterocycles. The number of hydrogen-bond donors (Lipinski definition) is 1. The zero-order valence-corrected chi connectivity index (χ0v) is 17.4. The fourth-order valence-corrected chi connectivity index (χ4v) is 7.00. The summed E-state index contributed by atoms with van der Waals surface area (Å²) >= 11 is 1.42. The second kappa shape index (κ2) is 6.90. The minimum atomic E-state index is -0.231. The molecule has 0 radical (unpaired) electrons. The van der Waals surface area contributed by atoms with Gasteiger partial charge in [-0.2, -0.15) is 0 Å². The molecule has 148 valence electrons. The minimum absolute atomic E-state index is 0.00412. The average Bonchev–Trinajstić information content (AvgIpc) is 3.05. The first kappa shape index (κ1) is 18.2. The van der Waals surface area contributed by atoms with E-state index in [1.807, 2.05) is 18.5 Å². The van der Waals surface area contributed by atoms with Gasteiger partial charge in [0.25, 0.3) is 0 Å². The highest BCUT2D eigenvalue weighted by Gasteiger charge is 2.51. The number of benzene rings is 1. The molecule has 5 nitrogen and oxygen atoms in total. The van der Waals surface area contributed by atoms with Crippen LogP contribution in [0.2, 0.25) is 0 Å². The first-order chi connectivity index (χ1) is 13.5. The summed E-state index contributed by atoms with van der Waals surface area (Å²) < 4.78 is 1.83. The Balaban J connectivity index is 1.25. The largest absolute Gasteiger partial charge is 0.325 e. The molecule has 1 aromatic heterocycles. The number of nitrogens with zero attached hydrogens (tertiary/aromatic N) is 3. The molecule has 1 amide bonds. The summed E-state index contributed by atoms with van der Waals surface area (Å²) in [5, 5.41) is 11.5.